The number of ether oxygens (including phenoxy) is 2. The Labute approximate surface area is 139 Å². The first-order valence-electron chi connectivity index (χ1n) is 8.49. The molecule has 0 saturated heterocycles. The lowest BCUT2D eigenvalue weighted by Crippen LogP contribution is -1.97. The van der Waals surface area contributed by atoms with Crippen molar-refractivity contribution in [1.29, 1.82) is 0 Å². The van der Waals surface area contributed by atoms with Crippen LogP contribution in [0.2, 0.25) is 0 Å². The van der Waals surface area contributed by atoms with Gasteiger partial charge in [0.05, 0.1) is 24.6 Å². The molecule has 0 aliphatic heterocycles. The Morgan fingerprint density at radius 3 is 1.39 bits per heavy atom. The SMILES string of the molecule is CCCCOc1ccc([N]c2ccc(OCCCC)cc2)cc1. The average Bonchev–Trinajstić information content (AvgIpc) is 2.58. The van der Waals surface area contributed by atoms with Crippen molar-refractivity contribution in [3.05, 3.63) is 48.5 Å². The molecule has 2 rings (SSSR count). The van der Waals surface area contributed by atoms with Gasteiger partial charge in [0.2, 0.25) is 0 Å². The fourth-order valence-corrected chi connectivity index (χ4v) is 2.05. The molecule has 0 atom stereocenters. The van der Waals surface area contributed by atoms with Gasteiger partial charge in [0.15, 0.2) is 0 Å². The third kappa shape index (κ3) is 6.23. The minimum atomic E-state index is 0.770. The molecular formula is C20H26NO2. The number of hydrogen-bond acceptors (Lipinski definition) is 2. The van der Waals surface area contributed by atoms with Crippen LogP contribution >= 0.6 is 0 Å². The van der Waals surface area contributed by atoms with Crippen molar-refractivity contribution in [3.8, 4) is 11.5 Å². The molecule has 0 saturated carbocycles. The molecule has 2 aromatic carbocycles. The van der Waals surface area contributed by atoms with Crippen LogP contribution in [0.1, 0.15) is 39.5 Å². The third-order valence-electron chi connectivity index (χ3n) is 3.46. The average molecular weight is 312 g/mol. The van der Waals surface area contributed by atoms with Gasteiger partial charge in [-0.05, 0) is 61.4 Å². The first-order chi connectivity index (χ1) is 11.3. The van der Waals surface area contributed by atoms with Gasteiger partial charge in [-0.25, -0.2) is 5.32 Å². The van der Waals surface area contributed by atoms with Gasteiger partial charge < -0.3 is 9.47 Å². The van der Waals surface area contributed by atoms with E-state index in [0.717, 1.165) is 61.8 Å². The van der Waals surface area contributed by atoms with Gasteiger partial charge in [-0.15, -0.1) is 0 Å². The maximum atomic E-state index is 5.66. The molecule has 0 amide bonds. The minimum Gasteiger partial charge on any atom is -0.494 e. The summed E-state index contributed by atoms with van der Waals surface area (Å²) >= 11 is 0. The first-order valence-corrected chi connectivity index (χ1v) is 8.49. The van der Waals surface area contributed by atoms with E-state index in [9.17, 15) is 0 Å². The summed E-state index contributed by atoms with van der Waals surface area (Å²) in [5, 5.41) is 4.61. The molecule has 0 aliphatic carbocycles. The lowest BCUT2D eigenvalue weighted by atomic mass is 10.2. The Bertz CT molecular complexity index is 497. The second-order valence-electron chi connectivity index (χ2n) is 5.50. The summed E-state index contributed by atoms with van der Waals surface area (Å²) in [6.07, 6.45) is 4.45. The van der Waals surface area contributed by atoms with E-state index in [2.05, 4.69) is 19.2 Å². The summed E-state index contributed by atoms with van der Waals surface area (Å²) in [5.41, 5.74) is 1.85. The van der Waals surface area contributed by atoms with Crippen LogP contribution in [0.25, 0.3) is 0 Å². The number of hydrogen-bond donors (Lipinski definition) is 0. The van der Waals surface area contributed by atoms with E-state index in [-0.39, 0.29) is 0 Å². The van der Waals surface area contributed by atoms with Crippen LogP contribution in [0.4, 0.5) is 11.4 Å². The number of benzene rings is 2. The zero-order valence-corrected chi connectivity index (χ0v) is 14.1. The van der Waals surface area contributed by atoms with Gasteiger partial charge in [0.1, 0.15) is 11.5 Å². The van der Waals surface area contributed by atoms with Gasteiger partial charge in [0.25, 0.3) is 0 Å². The summed E-state index contributed by atoms with van der Waals surface area (Å²) < 4.78 is 11.3. The highest BCUT2D eigenvalue weighted by molar-refractivity contribution is 5.51. The molecule has 1 radical (unpaired) electrons. The first kappa shape index (κ1) is 17.2. The van der Waals surface area contributed by atoms with E-state index < -0.39 is 0 Å². The Kier molecular flexibility index (Phi) is 7.31. The van der Waals surface area contributed by atoms with Crippen molar-refractivity contribution in [2.24, 2.45) is 0 Å². The predicted molar refractivity (Wildman–Crippen MR) is 95.1 cm³/mol. The Morgan fingerprint density at radius 1 is 0.652 bits per heavy atom. The van der Waals surface area contributed by atoms with Crippen molar-refractivity contribution in [3.63, 3.8) is 0 Å². The smallest absolute Gasteiger partial charge is 0.119 e. The van der Waals surface area contributed by atoms with Gasteiger partial charge in [-0.3, -0.25) is 0 Å². The second kappa shape index (κ2) is 9.78. The van der Waals surface area contributed by atoms with Crippen LogP contribution in [0.15, 0.2) is 48.5 Å². The highest BCUT2D eigenvalue weighted by Gasteiger charge is 2.00. The molecule has 2 aromatic rings. The molecular weight excluding hydrogens is 286 g/mol. The molecule has 0 N–H and O–H groups in total. The molecule has 23 heavy (non-hydrogen) atoms. The van der Waals surface area contributed by atoms with Crippen LogP contribution in [-0.2, 0) is 0 Å². The molecule has 0 bridgehead atoms. The fraction of sp³-hybridized carbons (Fsp3) is 0.400. The van der Waals surface area contributed by atoms with Crippen molar-refractivity contribution in [1.82, 2.24) is 5.32 Å². The van der Waals surface area contributed by atoms with E-state index in [1.807, 2.05) is 48.5 Å². The predicted octanol–water partition coefficient (Wildman–Crippen LogP) is 5.61. The summed E-state index contributed by atoms with van der Waals surface area (Å²) in [5.74, 6) is 1.80. The Morgan fingerprint density at radius 2 is 1.04 bits per heavy atom. The normalized spacial score (nSPS) is 10.3. The topological polar surface area (TPSA) is 32.6 Å². The molecule has 0 heterocycles. The van der Waals surface area contributed by atoms with E-state index in [1.54, 1.807) is 0 Å². The standard InChI is InChI=1S/C20H26NO2/c1-3-5-15-22-19-11-7-17(8-12-19)21-18-9-13-20(14-10-18)23-16-6-4-2/h7-14H,3-6,15-16H2,1-2H3. The molecule has 0 aromatic heterocycles. The van der Waals surface area contributed by atoms with Gasteiger partial charge in [-0.2, -0.15) is 0 Å². The zero-order chi connectivity index (χ0) is 16.3. The highest BCUT2D eigenvalue weighted by Crippen LogP contribution is 2.22. The second-order valence-corrected chi connectivity index (χ2v) is 5.50. The zero-order valence-electron chi connectivity index (χ0n) is 14.1. The van der Waals surface area contributed by atoms with Crippen molar-refractivity contribution in [2.75, 3.05) is 13.2 Å². The summed E-state index contributed by atoms with van der Waals surface area (Å²) in [7, 11) is 0. The molecule has 3 heteroatoms. The van der Waals surface area contributed by atoms with E-state index in [4.69, 9.17) is 9.47 Å². The number of nitrogens with zero attached hydrogens (tertiary/aromatic N) is 1. The summed E-state index contributed by atoms with van der Waals surface area (Å²) in [6, 6.07) is 15.8. The Balaban J connectivity index is 1.84. The van der Waals surface area contributed by atoms with Gasteiger partial charge in [0, 0.05) is 0 Å². The quantitative estimate of drug-likeness (QED) is 0.534. The van der Waals surface area contributed by atoms with Crippen LogP contribution in [0, 0.1) is 0 Å². The van der Waals surface area contributed by atoms with Crippen molar-refractivity contribution < 1.29 is 9.47 Å². The third-order valence-corrected chi connectivity index (χ3v) is 3.46. The van der Waals surface area contributed by atoms with E-state index in [1.165, 1.54) is 0 Å². The van der Waals surface area contributed by atoms with Crippen LogP contribution in [-0.4, -0.2) is 13.2 Å². The molecule has 0 unspecified atom stereocenters. The fourth-order valence-electron chi connectivity index (χ4n) is 2.05. The largest absolute Gasteiger partial charge is 0.494 e. The molecule has 3 nitrogen and oxygen atoms in total. The maximum absolute atomic E-state index is 5.66. The van der Waals surface area contributed by atoms with Crippen LogP contribution < -0.4 is 14.8 Å². The van der Waals surface area contributed by atoms with Gasteiger partial charge >= 0.3 is 0 Å². The van der Waals surface area contributed by atoms with Crippen LogP contribution in [0.5, 0.6) is 11.5 Å². The molecule has 123 valence electrons. The lowest BCUT2D eigenvalue weighted by molar-refractivity contribution is 0.309. The van der Waals surface area contributed by atoms with Gasteiger partial charge in [-0.1, -0.05) is 26.7 Å². The monoisotopic (exact) mass is 312 g/mol. The Hall–Kier alpha value is -2.16. The number of rotatable bonds is 10. The molecule has 0 fully saturated rings. The van der Waals surface area contributed by atoms with Crippen molar-refractivity contribution in [2.45, 2.75) is 39.5 Å². The maximum Gasteiger partial charge on any atom is 0.119 e. The molecule has 0 aliphatic rings. The minimum absolute atomic E-state index is 0.770. The summed E-state index contributed by atoms with van der Waals surface area (Å²) in [6.45, 7) is 5.86. The number of unbranched alkanes of at least 4 members (excludes halogenated alkanes) is 2. The van der Waals surface area contributed by atoms with Crippen molar-refractivity contribution >= 4 is 11.4 Å². The van der Waals surface area contributed by atoms with E-state index in [0.29, 0.717) is 0 Å². The summed E-state index contributed by atoms with van der Waals surface area (Å²) in [4.78, 5) is 0. The lowest BCUT2D eigenvalue weighted by Gasteiger charge is -2.08. The highest BCUT2D eigenvalue weighted by atomic mass is 16.5. The molecule has 0 spiro atoms. The van der Waals surface area contributed by atoms with E-state index >= 15 is 0 Å². The van der Waals surface area contributed by atoms with Crippen LogP contribution in [0.3, 0.4) is 0 Å².